The van der Waals surface area contributed by atoms with Crippen molar-refractivity contribution in [2.75, 3.05) is 6.54 Å². The highest BCUT2D eigenvalue weighted by molar-refractivity contribution is 5.99. The highest BCUT2D eigenvalue weighted by Crippen LogP contribution is 2.61. The molecule has 0 radical (unpaired) electrons. The van der Waals surface area contributed by atoms with Gasteiger partial charge in [-0.3, -0.25) is 9.79 Å². The summed E-state index contributed by atoms with van der Waals surface area (Å²) in [5.74, 6) is 0.286. The maximum Gasteiger partial charge on any atom is 0.167 e. The molecule has 2 saturated carbocycles. The Morgan fingerprint density at radius 1 is 1.16 bits per heavy atom. The van der Waals surface area contributed by atoms with E-state index in [4.69, 9.17) is 0 Å². The first-order valence-corrected chi connectivity index (χ1v) is 11.6. The van der Waals surface area contributed by atoms with Gasteiger partial charge in [0.1, 0.15) is 11.5 Å². The number of ketones is 1. The SMILES string of the molecule is C[C@@H]1[C@H](NCC2=NC=CC2)C[C@H]2C(C)(C)CCC[C@]2(C)[C@H]1C(=O)c1cc(O)cc(O)c1. The molecule has 2 fully saturated rings. The Balaban J connectivity index is 1.69. The average Bonchev–Trinajstić information content (AvgIpc) is 3.19. The molecule has 31 heavy (non-hydrogen) atoms. The number of rotatable bonds is 5. The van der Waals surface area contributed by atoms with Crippen LogP contribution in [0, 0.1) is 28.6 Å². The average molecular weight is 425 g/mol. The number of allylic oxidation sites excluding steroid dienone is 1. The van der Waals surface area contributed by atoms with Crippen LogP contribution in [0.3, 0.4) is 0 Å². The van der Waals surface area contributed by atoms with Crippen molar-refractivity contribution >= 4 is 11.5 Å². The van der Waals surface area contributed by atoms with Crippen LogP contribution in [-0.4, -0.2) is 34.3 Å². The van der Waals surface area contributed by atoms with E-state index < -0.39 is 0 Å². The van der Waals surface area contributed by atoms with E-state index >= 15 is 0 Å². The molecular formula is C26H36N2O3. The summed E-state index contributed by atoms with van der Waals surface area (Å²) in [5, 5.41) is 23.7. The normalized spacial score (nSPS) is 34.3. The van der Waals surface area contributed by atoms with Crippen LogP contribution in [0.1, 0.15) is 70.2 Å². The van der Waals surface area contributed by atoms with E-state index in [1.54, 1.807) is 0 Å². The third kappa shape index (κ3) is 4.05. The summed E-state index contributed by atoms with van der Waals surface area (Å²) in [7, 11) is 0. The molecule has 0 spiro atoms. The molecule has 0 aromatic heterocycles. The Labute approximate surface area is 185 Å². The highest BCUT2D eigenvalue weighted by atomic mass is 16.3. The molecule has 168 valence electrons. The second kappa shape index (κ2) is 8.09. The van der Waals surface area contributed by atoms with Gasteiger partial charge in [-0.1, -0.05) is 40.2 Å². The number of aromatic hydroxyl groups is 2. The molecular weight excluding hydrogens is 388 g/mol. The predicted molar refractivity (Wildman–Crippen MR) is 124 cm³/mol. The van der Waals surface area contributed by atoms with E-state index in [0.717, 1.165) is 37.9 Å². The van der Waals surface area contributed by atoms with Gasteiger partial charge in [-0.25, -0.2) is 0 Å². The molecule has 1 aromatic carbocycles. The van der Waals surface area contributed by atoms with Crippen molar-refractivity contribution in [1.82, 2.24) is 5.32 Å². The van der Waals surface area contributed by atoms with Gasteiger partial charge in [0, 0.05) is 48.5 Å². The first-order valence-electron chi connectivity index (χ1n) is 11.6. The van der Waals surface area contributed by atoms with Crippen LogP contribution in [-0.2, 0) is 0 Å². The number of fused-ring (bicyclic) bond motifs is 1. The summed E-state index contributed by atoms with van der Waals surface area (Å²) in [6, 6.07) is 4.49. The maximum absolute atomic E-state index is 13.9. The minimum atomic E-state index is -0.173. The van der Waals surface area contributed by atoms with E-state index in [9.17, 15) is 15.0 Å². The Morgan fingerprint density at radius 2 is 1.87 bits per heavy atom. The van der Waals surface area contributed by atoms with E-state index in [-0.39, 0.29) is 46.0 Å². The minimum Gasteiger partial charge on any atom is -0.508 e. The van der Waals surface area contributed by atoms with Crippen LogP contribution < -0.4 is 5.32 Å². The highest BCUT2D eigenvalue weighted by Gasteiger charge is 2.58. The zero-order valence-electron chi connectivity index (χ0n) is 19.2. The van der Waals surface area contributed by atoms with Crippen molar-refractivity contribution < 1.29 is 15.0 Å². The first kappa shape index (κ1) is 22.1. The van der Waals surface area contributed by atoms with Gasteiger partial charge in [0.2, 0.25) is 0 Å². The monoisotopic (exact) mass is 424 g/mol. The molecule has 1 heterocycles. The van der Waals surface area contributed by atoms with Crippen molar-refractivity contribution in [3.63, 3.8) is 0 Å². The van der Waals surface area contributed by atoms with Crippen LogP contribution in [0.25, 0.3) is 0 Å². The summed E-state index contributed by atoms with van der Waals surface area (Å²) in [6.07, 6.45) is 9.23. The number of aliphatic imine (C=N–C) groups is 1. The van der Waals surface area contributed by atoms with Gasteiger partial charge in [-0.2, -0.15) is 0 Å². The number of hydrogen-bond donors (Lipinski definition) is 3. The van der Waals surface area contributed by atoms with Crippen molar-refractivity contribution in [3.8, 4) is 11.5 Å². The Morgan fingerprint density at radius 3 is 2.52 bits per heavy atom. The largest absolute Gasteiger partial charge is 0.508 e. The number of phenols is 2. The molecule has 5 atom stereocenters. The summed E-state index contributed by atoms with van der Waals surface area (Å²) < 4.78 is 0. The van der Waals surface area contributed by atoms with E-state index in [1.165, 1.54) is 24.6 Å². The van der Waals surface area contributed by atoms with Gasteiger partial charge in [0.05, 0.1) is 0 Å². The predicted octanol–water partition coefficient (Wildman–Crippen LogP) is 5.09. The van der Waals surface area contributed by atoms with Crippen molar-refractivity contribution in [2.45, 2.75) is 65.8 Å². The lowest BCUT2D eigenvalue weighted by molar-refractivity contribution is -0.0909. The Hall–Kier alpha value is -2.14. The van der Waals surface area contributed by atoms with E-state index in [0.29, 0.717) is 11.5 Å². The number of carbonyl (C=O) groups excluding carboxylic acids is 1. The van der Waals surface area contributed by atoms with Crippen LogP contribution in [0.15, 0.2) is 35.5 Å². The summed E-state index contributed by atoms with van der Waals surface area (Å²) >= 11 is 0. The fourth-order valence-corrected chi connectivity index (χ4v) is 6.92. The first-order chi connectivity index (χ1) is 14.6. The lowest BCUT2D eigenvalue weighted by Crippen LogP contribution is -2.60. The molecule has 3 aliphatic rings. The number of nitrogens with one attached hydrogen (secondary N) is 1. The number of hydrogen-bond acceptors (Lipinski definition) is 5. The fraction of sp³-hybridized carbons (Fsp3) is 0.615. The summed E-state index contributed by atoms with van der Waals surface area (Å²) in [4.78, 5) is 18.3. The molecule has 1 aromatic rings. The van der Waals surface area contributed by atoms with Crippen molar-refractivity contribution in [2.24, 2.45) is 33.6 Å². The number of carbonyl (C=O) groups is 1. The van der Waals surface area contributed by atoms with Crippen molar-refractivity contribution in [1.29, 1.82) is 0 Å². The van der Waals surface area contributed by atoms with Crippen LogP contribution >= 0.6 is 0 Å². The molecule has 0 unspecified atom stereocenters. The van der Waals surface area contributed by atoms with Gasteiger partial charge < -0.3 is 15.5 Å². The number of benzene rings is 1. The number of Topliss-reactive ketones (excluding diaryl/α,β-unsaturated/α-hetero) is 1. The Bertz CT molecular complexity index is 899. The third-order valence-electron chi connectivity index (χ3n) is 8.39. The van der Waals surface area contributed by atoms with Crippen LogP contribution in [0.5, 0.6) is 11.5 Å². The summed E-state index contributed by atoms with van der Waals surface area (Å²) in [6.45, 7) is 9.96. The molecule has 4 rings (SSSR count). The van der Waals surface area contributed by atoms with Crippen LogP contribution in [0.4, 0.5) is 0 Å². The molecule has 0 bridgehead atoms. The van der Waals surface area contributed by atoms with Crippen molar-refractivity contribution in [3.05, 3.63) is 36.0 Å². The smallest absolute Gasteiger partial charge is 0.167 e. The number of nitrogens with zero attached hydrogens (tertiary/aromatic N) is 1. The third-order valence-corrected chi connectivity index (χ3v) is 8.39. The maximum atomic E-state index is 13.9. The molecule has 0 amide bonds. The molecule has 5 nitrogen and oxygen atoms in total. The Kier molecular flexibility index (Phi) is 5.76. The quantitative estimate of drug-likeness (QED) is 0.575. The fourth-order valence-electron chi connectivity index (χ4n) is 6.92. The van der Waals surface area contributed by atoms with Gasteiger partial charge >= 0.3 is 0 Å². The second-order valence-electron chi connectivity index (χ2n) is 10.8. The molecule has 5 heteroatoms. The van der Waals surface area contributed by atoms with E-state index in [1.807, 2.05) is 6.20 Å². The molecule has 2 aliphatic carbocycles. The molecule has 3 N–H and O–H groups in total. The van der Waals surface area contributed by atoms with Gasteiger partial charge in [0.25, 0.3) is 0 Å². The molecule has 0 saturated heterocycles. The molecule has 1 aliphatic heterocycles. The zero-order chi connectivity index (χ0) is 22.4. The van der Waals surface area contributed by atoms with E-state index in [2.05, 4.69) is 44.1 Å². The second-order valence-corrected chi connectivity index (χ2v) is 10.8. The van der Waals surface area contributed by atoms with Gasteiger partial charge in [-0.15, -0.1) is 0 Å². The van der Waals surface area contributed by atoms with Gasteiger partial charge in [-0.05, 0) is 54.1 Å². The standard InChI is InChI=1S/C26H36N2O3/c1-16-21(28-15-18-7-5-10-27-18)14-22-25(2,3)8-6-9-26(22,4)23(16)24(31)17-11-19(29)13-20(30)12-17/h5,10-13,16,21-23,28-30H,6-9,14-15H2,1-4H3/t16-,21-,22+,23-,26+/m1/s1. The van der Waals surface area contributed by atoms with Crippen LogP contribution in [0.2, 0.25) is 0 Å². The lowest BCUT2D eigenvalue weighted by Gasteiger charge is -2.60. The topological polar surface area (TPSA) is 81.9 Å². The lowest BCUT2D eigenvalue weighted by atomic mass is 9.45. The van der Waals surface area contributed by atoms with Gasteiger partial charge in [0.15, 0.2) is 5.78 Å². The summed E-state index contributed by atoms with van der Waals surface area (Å²) in [5.41, 5.74) is 1.61. The minimum absolute atomic E-state index is 0.0373. The number of phenolic OH excluding ortho intramolecular Hbond substituents is 2. The zero-order valence-corrected chi connectivity index (χ0v) is 19.2.